The van der Waals surface area contributed by atoms with E-state index in [4.69, 9.17) is 14.4 Å². The monoisotopic (exact) mass is 323 g/mol. The van der Waals surface area contributed by atoms with E-state index < -0.39 is 5.97 Å². The van der Waals surface area contributed by atoms with E-state index >= 15 is 0 Å². The van der Waals surface area contributed by atoms with Crippen LogP contribution in [0.2, 0.25) is 0 Å². The molecule has 2 aromatic rings. The highest BCUT2D eigenvalue weighted by atomic mass is 16.5. The Morgan fingerprint density at radius 1 is 1.25 bits per heavy atom. The van der Waals surface area contributed by atoms with Crippen LogP contribution in [0.5, 0.6) is 0 Å². The van der Waals surface area contributed by atoms with Crippen LogP contribution in [0.3, 0.4) is 0 Å². The summed E-state index contributed by atoms with van der Waals surface area (Å²) in [6.45, 7) is 6.42. The third-order valence-corrected chi connectivity index (χ3v) is 3.52. The van der Waals surface area contributed by atoms with Crippen LogP contribution in [0.25, 0.3) is 17.4 Å². The summed E-state index contributed by atoms with van der Waals surface area (Å²) in [6.07, 6.45) is 2.18. The van der Waals surface area contributed by atoms with E-state index in [9.17, 15) is 4.79 Å². The van der Waals surface area contributed by atoms with Crippen LogP contribution < -0.4 is 0 Å². The van der Waals surface area contributed by atoms with Gasteiger partial charge in [0.25, 0.3) is 0 Å². The number of hydrogen-bond donors (Lipinski definition) is 0. The summed E-state index contributed by atoms with van der Waals surface area (Å²) in [7, 11) is 0. The number of esters is 1. The summed E-state index contributed by atoms with van der Waals surface area (Å²) >= 11 is 0. The van der Waals surface area contributed by atoms with Gasteiger partial charge < -0.3 is 9.15 Å². The quantitative estimate of drug-likeness (QED) is 0.437. The van der Waals surface area contributed by atoms with Crippen LogP contribution in [-0.2, 0) is 9.53 Å². The third kappa shape index (κ3) is 4.85. The highest BCUT2D eigenvalue weighted by Crippen LogP contribution is 2.23. The van der Waals surface area contributed by atoms with Crippen LogP contribution in [0, 0.1) is 24.2 Å². The summed E-state index contributed by atoms with van der Waals surface area (Å²) in [5, 5.41) is 9.16. The molecule has 24 heavy (non-hydrogen) atoms. The van der Waals surface area contributed by atoms with Gasteiger partial charge in [-0.3, -0.25) is 0 Å². The molecule has 1 heterocycles. The van der Waals surface area contributed by atoms with Crippen molar-refractivity contribution in [2.75, 3.05) is 6.61 Å². The lowest BCUT2D eigenvalue weighted by Crippen LogP contribution is -2.09. The Morgan fingerprint density at radius 3 is 2.58 bits per heavy atom. The molecular weight excluding hydrogens is 302 g/mol. The van der Waals surface area contributed by atoms with Crippen LogP contribution >= 0.6 is 0 Å². The SMILES string of the molecule is Cc1ccc(-c2ccc(/C=C(/C#N)C(=O)OCCC(C)C)o2)cc1. The first-order valence-electron chi connectivity index (χ1n) is 7.95. The molecule has 0 amide bonds. The molecule has 0 bridgehead atoms. The molecule has 1 aromatic heterocycles. The van der Waals surface area contributed by atoms with E-state index in [0.717, 1.165) is 12.0 Å². The second-order valence-electron chi connectivity index (χ2n) is 6.06. The molecule has 2 rings (SSSR count). The van der Waals surface area contributed by atoms with Gasteiger partial charge >= 0.3 is 5.97 Å². The van der Waals surface area contributed by atoms with Crippen molar-refractivity contribution in [2.45, 2.75) is 27.2 Å². The molecule has 0 aliphatic carbocycles. The van der Waals surface area contributed by atoms with Crippen LogP contribution in [0.1, 0.15) is 31.6 Å². The smallest absolute Gasteiger partial charge is 0.349 e. The fourth-order valence-electron chi connectivity index (χ4n) is 2.05. The predicted molar refractivity (Wildman–Crippen MR) is 92.9 cm³/mol. The van der Waals surface area contributed by atoms with Crippen LogP contribution in [-0.4, -0.2) is 12.6 Å². The lowest BCUT2D eigenvalue weighted by Gasteiger charge is -2.05. The fourth-order valence-corrected chi connectivity index (χ4v) is 2.05. The van der Waals surface area contributed by atoms with E-state index in [0.29, 0.717) is 24.0 Å². The average Bonchev–Trinajstić information content (AvgIpc) is 3.01. The Kier molecular flexibility index (Phi) is 5.97. The minimum absolute atomic E-state index is 0.0661. The molecule has 0 saturated carbocycles. The lowest BCUT2D eigenvalue weighted by atomic mass is 10.1. The molecular formula is C20H21NO3. The molecule has 0 atom stereocenters. The molecule has 0 radical (unpaired) electrons. The number of hydrogen-bond acceptors (Lipinski definition) is 4. The van der Waals surface area contributed by atoms with E-state index in [2.05, 4.69) is 0 Å². The van der Waals surface area contributed by atoms with Crippen LogP contribution in [0.15, 0.2) is 46.4 Å². The highest BCUT2D eigenvalue weighted by molar-refractivity contribution is 5.97. The van der Waals surface area contributed by atoms with Gasteiger partial charge in [0.2, 0.25) is 0 Å². The molecule has 0 spiro atoms. The number of ether oxygens (including phenoxy) is 1. The zero-order valence-corrected chi connectivity index (χ0v) is 14.2. The number of nitrogens with zero attached hydrogens (tertiary/aromatic N) is 1. The maximum Gasteiger partial charge on any atom is 0.349 e. The molecule has 0 fully saturated rings. The largest absolute Gasteiger partial charge is 0.462 e. The summed E-state index contributed by atoms with van der Waals surface area (Å²) < 4.78 is 10.8. The van der Waals surface area contributed by atoms with Crippen molar-refractivity contribution in [2.24, 2.45) is 5.92 Å². The van der Waals surface area contributed by atoms with Gasteiger partial charge in [-0.2, -0.15) is 5.26 Å². The zero-order chi connectivity index (χ0) is 17.5. The molecule has 0 aliphatic heterocycles. The molecule has 0 saturated heterocycles. The topological polar surface area (TPSA) is 63.2 Å². The molecule has 0 unspecified atom stereocenters. The Labute approximate surface area is 142 Å². The van der Waals surface area contributed by atoms with Crippen molar-refractivity contribution in [3.8, 4) is 17.4 Å². The molecule has 4 nitrogen and oxygen atoms in total. The molecule has 1 aromatic carbocycles. The summed E-state index contributed by atoms with van der Waals surface area (Å²) in [6, 6.07) is 13.3. The van der Waals surface area contributed by atoms with Crippen molar-refractivity contribution in [3.63, 3.8) is 0 Å². The van der Waals surface area contributed by atoms with E-state index in [1.807, 2.05) is 57.2 Å². The Bertz CT molecular complexity index is 761. The minimum Gasteiger partial charge on any atom is -0.462 e. The first-order valence-corrected chi connectivity index (χ1v) is 7.95. The van der Waals surface area contributed by atoms with Crippen LogP contribution in [0.4, 0.5) is 0 Å². The Balaban J connectivity index is 2.10. The van der Waals surface area contributed by atoms with Gasteiger partial charge in [-0.1, -0.05) is 43.7 Å². The molecule has 124 valence electrons. The predicted octanol–water partition coefficient (Wildman–Crippen LogP) is 4.75. The maximum absolute atomic E-state index is 11.9. The Morgan fingerprint density at radius 2 is 1.96 bits per heavy atom. The normalized spacial score (nSPS) is 11.4. The van der Waals surface area contributed by atoms with Gasteiger partial charge in [0.15, 0.2) is 0 Å². The number of furan rings is 1. The second-order valence-corrected chi connectivity index (χ2v) is 6.06. The minimum atomic E-state index is -0.619. The lowest BCUT2D eigenvalue weighted by molar-refractivity contribution is -0.138. The summed E-state index contributed by atoms with van der Waals surface area (Å²) in [5.41, 5.74) is 2.04. The van der Waals surface area contributed by atoms with Crippen molar-refractivity contribution < 1.29 is 13.9 Å². The van der Waals surface area contributed by atoms with Gasteiger partial charge in [0.05, 0.1) is 6.61 Å². The first-order chi connectivity index (χ1) is 11.5. The second kappa shape index (κ2) is 8.16. The third-order valence-electron chi connectivity index (χ3n) is 3.52. The average molecular weight is 323 g/mol. The van der Waals surface area contributed by atoms with Gasteiger partial charge in [-0.25, -0.2) is 4.79 Å². The van der Waals surface area contributed by atoms with Gasteiger partial charge in [0, 0.05) is 11.6 Å². The Hall–Kier alpha value is -2.80. The van der Waals surface area contributed by atoms with Crippen molar-refractivity contribution in [3.05, 3.63) is 53.3 Å². The number of aryl methyl sites for hydroxylation is 1. The van der Waals surface area contributed by atoms with Crippen molar-refractivity contribution >= 4 is 12.0 Å². The number of nitriles is 1. The van der Waals surface area contributed by atoms with E-state index in [-0.39, 0.29) is 5.57 Å². The van der Waals surface area contributed by atoms with Gasteiger partial charge in [0.1, 0.15) is 23.2 Å². The zero-order valence-electron chi connectivity index (χ0n) is 14.2. The van der Waals surface area contributed by atoms with Crippen molar-refractivity contribution in [1.82, 2.24) is 0 Å². The van der Waals surface area contributed by atoms with Gasteiger partial charge in [-0.05, 0) is 31.4 Å². The number of rotatable bonds is 6. The standard InChI is InChI=1S/C20H21NO3/c1-14(2)10-11-23-20(22)17(13-21)12-18-8-9-19(24-18)16-6-4-15(3)5-7-16/h4-9,12,14H,10-11H2,1-3H3/b17-12-. The fraction of sp³-hybridized carbons (Fsp3) is 0.300. The molecule has 4 heteroatoms. The molecule has 0 N–H and O–H groups in total. The van der Waals surface area contributed by atoms with Gasteiger partial charge in [-0.15, -0.1) is 0 Å². The summed E-state index contributed by atoms with van der Waals surface area (Å²) in [5.74, 6) is 0.954. The first kappa shape index (κ1) is 17.6. The summed E-state index contributed by atoms with van der Waals surface area (Å²) in [4.78, 5) is 11.9. The number of carbonyl (C=O) groups is 1. The number of carbonyl (C=O) groups excluding carboxylic acids is 1. The maximum atomic E-state index is 11.9. The van der Waals surface area contributed by atoms with E-state index in [1.54, 1.807) is 6.07 Å². The van der Waals surface area contributed by atoms with Crippen molar-refractivity contribution in [1.29, 1.82) is 5.26 Å². The highest BCUT2D eigenvalue weighted by Gasteiger charge is 2.12. The van der Waals surface area contributed by atoms with E-state index in [1.165, 1.54) is 11.6 Å². The molecule has 0 aliphatic rings. The number of benzene rings is 1.